The van der Waals surface area contributed by atoms with E-state index in [0.29, 0.717) is 28.6 Å². The number of aromatic nitrogens is 1. The van der Waals surface area contributed by atoms with Crippen LogP contribution in [0.15, 0.2) is 30.5 Å². The second-order valence-electron chi connectivity index (χ2n) is 3.85. The van der Waals surface area contributed by atoms with Crippen LogP contribution in [-0.2, 0) is 0 Å². The van der Waals surface area contributed by atoms with Gasteiger partial charge in [-0.1, -0.05) is 0 Å². The summed E-state index contributed by atoms with van der Waals surface area (Å²) in [6.07, 6.45) is 1.64. The molecule has 0 bridgehead atoms. The fraction of sp³-hybridized carbons (Fsp3) is 0.214. The smallest absolute Gasteiger partial charge is 0.168 e. The number of hydrogen-bond donors (Lipinski definition) is 1. The number of pyridine rings is 1. The van der Waals surface area contributed by atoms with Crippen molar-refractivity contribution in [2.75, 3.05) is 27.1 Å². The molecule has 5 nitrogen and oxygen atoms in total. The number of nitrogens with zero attached hydrogens (tertiary/aromatic N) is 1. The SMILES string of the molecule is COc1ccc(-c2nccc(N)c2OC)c(OC)c1. The van der Waals surface area contributed by atoms with Gasteiger partial charge in [0.05, 0.1) is 27.0 Å². The zero-order chi connectivity index (χ0) is 13.8. The van der Waals surface area contributed by atoms with E-state index in [1.165, 1.54) is 0 Å². The van der Waals surface area contributed by atoms with Gasteiger partial charge in [0, 0.05) is 17.8 Å². The van der Waals surface area contributed by atoms with Crippen LogP contribution in [0, 0.1) is 0 Å². The first-order chi connectivity index (χ1) is 9.21. The topological polar surface area (TPSA) is 66.6 Å². The van der Waals surface area contributed by atoms with Gasteiger partial charge in [-0.3, -0.25) is 4.98 Å². The van der Waals surface area contributed by atoms with E-state index in [4.69, 9.17) is 19.9 Å². The molecule has 5 heteroatoms. The lowest BCUT2D eigenvalue weighted by Crippen LogP contribution is -1.98. The summed E-state index contributed by atoms with van der Waals surface area (Å²) < 4.78 is 15.8. The van der Waals surface area contributed by atoms with Crippen molar-refractivity contribution in [3.63, 3.8) is 0 Å². The number of rotatable bonds is 4. The minimum Gasteiger partial charge on any atom is -0.497 e. The summed E-state index contributed by atoms with van der Waals surface area (Å²) in [6.45, 7) is 0. The van der Waals surface area contributed by atoms with Crippen molar-refractivity contribution >= 4 is 5.69 Å². The predicted octanol–water partition coefficient (Wildman–Crippen LogP) is 2.36. The van der Waals surface area contributed by atoms with Gasteiger partial charge in [-0.2, -0.15) is 0 Å². The van der Waals surface area contributed by atoms with E-state index in [1.54, 1.807) is 39.7 Å². The molecule has 0 unspecified atom stereocenters. The largest absolute Gasteiger partial charge is 0.497 e. The predicted molar refractivity (Wildman–Crippen MR) is 73.7 cm³/mol. The summed E-state index contributed by atoms with van der Waals surface area (Å²) in [6, 6.07) is 7.18. The second kappa shape index (κ2) is 5.48. The van der Waals surface area contributed by atoms with Gasteiger partial charge in [0.1, 0.15) is 17.2 Å². The fourth-order valence-electron chi connectivity index (χ4n) is 1.86. The molecule has 0 saturated heterocycles. The number of ether oxygens (including phenoxy) is 3. The average molecular weight is 260 g/mol. The number of nitrogen functional groups attached to an aromatic ring is 1. The molecule has 0 atom stereocenters. The number of methoxy groups -OCH3 is 3. The Kier molecular flexibility index (Phi) is 3.75. The van der Waals surface area contributed by atoms with Crippen LogP contribution in [0.1, 0.15) is 0 Å². The van der Waals surface area contributed by atoms with Crippen LogP contribution in [0.4, 0.5) is 5.69 Å². The van der Waals surface area contributed by atoms with E-state index in [9.17, 15) is 0 Å². The van der Waals surface area contributed by atoms with Crippen LogP contribution in [0.2, 0.25) is 0 Å². The number of nitrogens with two attached hydrogens (primary N) is 1. The average Bonchev–Trinajstić information content (AvgIpc) is 2.46. The van der Waals surface area contributed by atoms with E-state index in [0.717, 1.165) is 5.56 Å². The number of anilines is 1. The fourth-order valence-corrected chi connectivity index (χ4v) is 1.86. The van der Waals surface area contributed by atoms with Crippen LogP contribution in [0.25, 0.3) is 11.3 Å². The third-order valence-electron chi connectivity index (χ3n) is 2.80. The van der Waals surface area contributed by atoms with Gasteiger partial charge in [0.25, 0.3) is 0 Å². The second-order valence-corrected chi connectivity index (χ2v) is 3.85. The van der Waals surface area contributed by atoms with Gasteiger partial charge in [-0.05, 0) is 18.2 Å². The third kappa shape index (κ3) is 2.40. The molecule has 2 N–H and O–H groups in total. The van der Waals surface area contributed by atoms with Crippen LogP contribution in [0.3, 0.4) is 0 Å². The van der Waals surface area contributed by atoms with Gasteiger partial charge in [0.2, 0.25) is 0 Å². The third-order valence-corrected chi connectivity index (χ3v) is 2.80. The summed E-state index contributed by atoms with van der Waals surface area (Å²) in [5.74, 6) is 1.89. The summed E-state index contributed by atoms with van der Waals surface area (Å²) in [5.41, 5.74) is 7.86. The highest BCUT2D eigenvalue weighted by atomic mass is 16.5. The van der Waals surface area contributed by atoms with Crippen molar-refractivity contribution in [1.82, 2.24) is 4.98 Å². The molecule has 2 aromatic rings. The van der Waals surface area contributed by atoms with Crippen molar-refractivity contribution < 1.29 is 14.2 Å². The molecule has 0 aliphatic rings. The molecular formula is C14H16N2O3. The normalized spacial score (nSPS) is 10.1. The Morgan fingerprint density at radius 2 is 1.79 bits per heavy atom. The Bertz CT molecular complexity index is 585. The van der Waals surface area contributed by atoms with Crippen molar-refractivity contribution in [2.24, 2.45) is 0 Å². The highest BCUT2D eigenvalue weighted by Crippen LogP contribution is 2.39. The molecule has 100 valence electrons. The molecule has 0 saturated carbocycles. The molecule has 0 spiro atoms. The first-order valence-corrected chi connectivity index (χ1v) is 5.72. The maximum absolute atomic E-state index is 5.89. The van der Waals surface area contributed by atoms with Gasteiger partial charge < -0.3 is 19.9 Å². The lowest BCUT2D eigenvalue weighted by Gasteiger charge is -2.13. The van der Waals surface area contributed by atoms with Gasteiger partial charge in [-0.25, -0.2) is 0 Å². The molecule has 2 rings (SSSR count). The number of benzene rings is 1. The lowest BCUT2D eigenvalue weighted by molar-refractivity contribution is 0.394. The molecule has 1 aromatic heterocycles. The van der Waals surface area contributed by atoms with Crippen LogP contribution in [-0.4, -0.2) is 26.3 Å². The Labute approximate surface area is 111 Å². The van der Waals surface area contributed by atoms with E-state index in [2.05, 4.69) is 4.98 Å². The van der Waals surface area contributed by atoms with Gasteiger partial charge >= 0.3 is 0 Å². The van der Waals surface area contributed by atoms with Crippen LogP contribution >= 0.6 is 0 Å². The molecule has 0 aliphatic heterocycles. The summed E-state index contributed by atoms with van der Waals surface area (Å²) in [7, 11) is 4.76. The van der Waals surface area contributed by atoms with E-state index in [1.807, 2.05) is 12.1 Å². The van der Waals surface area contributed by atoms with E-state index < -0.39 is 0 Å². The maximum Gasteiger partial charge on any atom is 0.168 e. The lowest BCUT2D eigenvalue weighted by atomic mass is 10.1. The highest BCUT2D eigenvalue weighted by Gasteiger charge is 2.15. The van der Waals surface area contributed by atoms with Gasteiger partial charge in [0.15, 0.2) is 5.75 Å². The molecule has 0 radical (unpaired) electrons. The molecule has 0 fully saturated rings. The van der Waals surface area contributed by atoms with Crippen LogP contribution in [0.5, 0.6) is 17.2 Å². The summed E-state index contributed by atoms with van der Waals surface area (Å²) in [5, 5.41) is 0. The van der Waals surface area contributed by atoms with Crippen molar-refractivity contribution in [2.45, 2.75) is 0 Å². The minimum absolute atomic E-state index is 0.533. The summed E-state index contributed by atoms with van der Waals surface area (Å²) in [4.78, 5) is 4.32. The Morgan fingerprint density at radius 3 is 2.42 bits per heavy atom. The Hall–Kier alpha value is -2.43. The van der Waals surface area contributed by atoms with Crippen LogP contribution < -0.4 is 19.9 Å². The zero-order valence-corrected chi connectivity index (χ0v) is 11.1. The minimum atomic E-state index is 0.533. The molecule has 1 aromatic carbocycles. The van der Waals surface area contributed by atoms with Crippen molar-refractivity contribution in [1.29, 1.82) is 0 Å². The van der Waals surface area contributed by atoms with Crippen molar-refractivity contribution in [3.05, 3.63) is 30.5 Å². The first-order valence-electron chi connectivity index (χ1n) is 5.72. The summed E-state index contributed by atoms with van der Waals surface area (Å²) >= 11 is 0. The molecular weight excluding hydrogens is 244 g/mol. The quantitative estimate of drug-likeness (QED) is 0.914. The maximum atomic E-state index is 5.89. The molecule has 19 heavy (non-hydrogen) atoms. The first kappa shape index (κ1) is 13.0. The van der Waals surface area contributed by atoms with E-state index in [-0.39, 0.29) is 0 Å². The molecule has 0 aliphatic carbocycles. The van der Waals surface area contributed by atoms with E-state index >= 15 is 0 Å². The van der Waals surface area contributed by atoms with Crippen molar-refractivity contribution in [3.8, 4) is 28.5 Å². The standard InChI is InChI=1S/C14H16N2O3/c1-17-9-4-5-10(12(8-9)18-2)13-14(19-3)11(15)6-7-16-13/h4-8H,1-3H3,(H2,15,16). The number of hydrogen-bond acceptors (Lipinski definition) is 5. The zero-order valence-electron chi connectivity index (χ0n) is 11.1. The Morgan fingerprint density at radius 1 is 1.00 bits per heavy atom. The van der Waals surface area contributed by atoms with Gasteiger partial charge in [-0.15, -0.1) is 0 Å². The molecule has 0 amide bonds. The molecule has 1 heterocycles. The highest BCUT2D eigenvalue weighted by molar-refractivity contribution is 5.78. The monoisotopic (exact) mass is 260 g/mol. The Balaban J connectivity index is 2.61.